The molecule has 15 nitrogen and oxygen atoms in total. The first-order chi connectivity index (χ1) is 12.9. The fraction of sp³-hybridized carbons (Fsp3) is 0.500. The minimum atomic E-state index is -5.31. The third-order valence-corrected chi connectivity index (χ3v) is 6.08. The first-order valence-corrected chi connectivity index (χ1v) is 10.7. The summed E-state index contributed by atoms with van der Waals surface area (Å²) < 4.78 is 36.7. The van der Waals surface area contributed by atoms with Gasteiger partial charge in [0.15, 0.2) is 23.2 Å². The molecule has 3 rings (SSSR count). The van der Waals surface area contributed by atoms with E-state index in [1.165, 1.54) is 0 Å². The van der Waals surface area contributed by atoms with Gasteiger partial charge in [-0.05, 0) is 11.6 Å². The second-order valence-electron chi connectivity index (χ2n) is 5.56. The Morgan fingerprint density at radius 3 is 2.57 bits per heavy atom. The number of aliphatic hydroxyl groups excluding tert-OH is 2. The van der Waals surface area contributed by atoms with Crippen molar-refractivity contribution in [2.75, 3.05) is 12.3 Å². The van der Waals surface area contributed by atoms with Gasteiger partial charge >= 0.3 is 15.6 Å². The molecule has 2 aromatic heterocycles. The van der Waals surface area contributed by atoms with Gasteiger partial charge in [0.1, 0.15) is 24.6 Å². The van der Waals surface area contributed by atoms with Gasteiger partial charge in [0, 0.05) is 0 Å². The van der Waals surface area contributed by atoms with Crippen LogP contribution in [-0.4, -0.2) is 69.3 Å². The molecule has 1 saturated heterocycles. The van der Waals surface area contributed by atoms with Crippen molar-refractivity contribution < 1.29 is 47.6 Å². The number of aromatic nitrogens is 4. The van der Waals surface area contributed by atoms with Crippen LogP contribution in [0.2, 0.25) is 5.28 Å². The topological polar surface area (TPSA) is 233 Å². The quantitative estimate of drug-likeness (QED) is 0.221. The molecule has 1 fully saturated rings. The number of ether oxygens (including phenoxy) is 1. The van der Waals surface area contributed by atoms with Crippen LogP contribution < -0.4 is 5.73 Å². The van der Waals surface area contributed by atoms with Crippen LogP contribution in [0.5, 0.6) is 0 Å². The Hall–Kier alpha value is -1.22. The summed E-state index contributed by atoms with van der Waals surface area (Å²) >= 11 is 6.04. The molecule has 0 spiro atoms. The number of aliphatic hydroxyl groups is 2. The lowest BCUT2D eigenvalue weighted by molar-refractivity contribution is -0.0502. The van der Waals surface area contributed by atoms with Gasteiger partial charge in [-0.3, -0.25) is 9.09 Å². The highest BCUT2D eigenvalue weighted by Crippen LogP contribution is 2.57. The normalized spacial score (nSPS) is 27.9. The van der Waals surface area contributed by atoms with Crippen LogP contribution in [0, 0.1) is 0 Å². The van der Waals surface area contributed by atoms with E-state index in [1.54, 1.807) is 0 Å². The highest BCUT2D eigenvalue weighted by atomic mass is 35.5. The molecule has 0 bridgehead atoms. The number of phosphoric acid groups is 2. The standard InChI is InChI=1S/C10H14ClN5O10P2/c11-10-15-4-7(12)13-2-14-8(4)16(10)9-6(18)5(17)3(25-9)1-24-28(22,23)26-27(19,20)21/h2-3,5-6,9,17-18H,1H2,(H,22,23)(H2,12,13,14)(H2,19,20,21)/t3-,5?,6?,9-/m1/s1. The van der Waals surface area contributed by atoms with Crippen LogP contribution in [0.4, 0.5) is 5.82 Å². The highest BCUT2D eigenvalue weighted by Gasteiger charge is 2.46. The summed E-state index contributed by atoms with van der Waals surface area (Å²) in [7, 11) is -10.5. The fourth-order valence-electron chi connectivity index (χ4n) is 2.53. The van der Waals surface area contributed by atoms with Crippen molar-refractivity contribution in [1.29, 1.82) is 0 Å². The molecular weight excluding hydrogens is 448 g/mol. The number of nitrogens with zero attached hydrogens (tertiary/aromatic N) is 4. The molecule has 5 atom stereocenters. The molecule has 0 aliphatic carbocycles. The smallest absolute Gasteiger partial charge is 0.387 e. The number of fused-ring (bicyclic) bond motifs is 1. The average Bonchev–Trinajstić information content (AvgIpc) is 3.02. The number of nitrogen functional groups attached to an aromatic ring is 1. The molecular formula is C10H14ClN5O10P2. The SMILES string of the molecule is Nc1ncnc2c1nc(Cl)n2[C@@H]1O[C@H](COP(=O)(O)OP(=O)(O)O)C(O)C1O. The second-order valence-corrected chi connectivity index (χ2v) is 8.73. The number of imidazole rings is 1. The lowest BCUT2D eigenvalue weighted by Crippen LogP contribution is -2.33. The molecule has 1 aliphatic rings. The number of phosphoric ester groups is 1. The fourth-order valence-corrected chi connectivity index (χ4v) is 4.39. The Balaban J connectivity index is 1.80. The van der Waals surface area contributed by atoms with Gasteiger partial charge in [-0.1, -0.05) is 0 Å². The van der Waals surface area contributed by atoms with Crippen molar-refractivity contribution in [2.24, 2.45) is 0 Å². The predicted molar refractivity (Wildman–Crippen MR) is 89.6 cm³/mol. The molecule has 3 heterocycles. The van der Waals surface area contributed by atoms with E-state index in [0.717, 1.165) is 10.9 Å². The summed E-state index contributed by atoms with van der Waals surface area (Å²) in [6.45, 7) is -0.857. The second kappa shape index (κ2) is 7.55. The van der Waals surface area contributed by atoms with Crippen LogP contribution in [-0.2, 0) is 22.7 Å². The zero-order chi connectivity index (χ0) is 20.9. The predicted octanol–water partition coefficient (Wildman–Crippen LogP) is -1.09. The van der Waals surface area contributed by atoms with E-state index in [2.05, 4.69) is 23.8 Å². The van der Waals surface area contributed by atoms with Gasteiger partial charge < -0.3 is 35.4 Å². The monoisotopic (exact) mass is 461 g/mol. The zero-order valence-corrected chi connectivity index (χ0v) is 16.1. The van der Waals surface area contributed by atoms with E-state index >= 15 is 0 Å². The maximum atomic E-state index is 11.5. The molecule has 0 saturated carbocycles. The molecule has 18 heteroatoms. The van der Waals surface area contributed by atoms with E-state index < -0.39 is 46.8 Å². The first-order valence-electron chi connectivity index (χ1n) is 7.29. The summed E-state index contributed by atoms with van der Waals surface area (Å²) in [6, 6.07) is 0. The number of anilines is 1. The first kappa shape index (κ1) is 21.5. The van der Waals surface area contributed by atoms with Gasteiger partial charge in [0.2, 0.25) is 5.28 Å². The van der Waals surface area contributed by atoms with E-state index in [4.69, 9.17) is 31.9 Å². The molecule has 156 valence electrons. The van der Waals surface area contributed by atoms with Gasteiger partial charge in [-0.2, -0.15) is 4.31 Å². The average molecular weight is 462 g/mol. The Bertz CT molecular complexity index is 983. The van der Waals surface area contributed by atoms with Gasteiger partial charge in [0.05, 0.1) is 6.61 Å². The van der Waals surface area contributed by atoms with Crippen LogP contribution in [0.3, 0.4) is 0 Å². The van der Waals surface area contributed by atoms with Crippen LogP contribution in [0.25, 0.3) is 11.2 Å². The number of hydrogen-bond acceptors (Lipinski definition) is 11. The largest absolute Gasteiger partial charge is 0.481 e. The Kier molecular flexibility index (Phi) is 5.80. The van der Waals surface area contributed by atoms with E-state index in [-0.39, 0.29) is 22.3 Å². The summed E-state index contributed by atoms with van der Waals surface area (Å²) in [4.78, 5) is 38.1. The number of rotatable bonds is 6. The molecule has 0 amide bonds. The van der Waals surface area contributed by atoms with Crippen molar-refractivity contribution >= 4 is 44.2 Å². The summed E-state index contributed by atoms with van der Waals surface area (Å²) in [5.41, 5.74) is 5.89. The van der Waals surface area contributed by atoms with Crippen molar-refractivity contribution in [3.63, 3.8) is 0 Å². The van der Waals surface area contributed by atoms with E-state index in [1.807, 2.05) is 0 Å². The number of hydrogen-bond donors (Lipinski definition) is 6. The molecule has 7 N–H and O–H groups in total. The minimum absolute atomic E-state index is 0.00868. The van der Waals surface area contributed by atoms with Crippen molar-refractivity contribution in [3.05, 3.63) is 11.6 Å². The minimum Gasteiger partial charge on any atom is -0.387 e. The summed E-state index contributed by atoms with van der Waals surface area (Å²) in [5.74, 6) is 0.00868. The van der Waals surface area contributed by atoms with Crippen molar-refractivity contribution in [2.45, 2.75) is 24.5 Å². The van der Waals surface area contributed by atoms with E-state index in [0.29, 0.717) is 0 Å². The van der Waals surface area contributed by atoms with Gasteiger partial charge in [-0.25, -0.2) is 24.1 Å². The Morgan fingerprint density at radius 1 is 1.25 bits per heavy atom. The highest BCUT2D eigenvalue weighted by molar-refractivity contribution is 7.60. The van der Waals surface area contributed by atoms with Crippen LogP contribution in [0.15, 0.2) is 6.33 Å². The molecule has 0 radical (unpaired) electrons. The molecule has 28 heavy (non-hydrogen) atoms. The lowest BCUT2D eigenvalue weighted by atomic mass is 10.1. The number of halogens is 1. The van der Waals surface area contributed by atoms with Crippen LogP contribution in [0.1, 0.15) is 6.23 Å². The maximum Gasteiger partial charge on any atom is 0.481 e. The number of nitrogens with two attached hydrogens (primary N) is 1. The summed E-state index contributed by atoms with van der Waals surface area (Å²) in [5, 5.41) is 20.2. The zero-order valence-electron chi connectivity index (χ0n) is 13.5. The molecule has 1 aliphatic heterocycles. The van der Waals surface area contributed by atoms with Gasteiger partial charge in [-0.15, -0.1) is 0 Å². The molecule has 3 unspecified atom stereocenters. The van der Waals surface area contributed by atoms with Crippen molar-refractivity contribution in [1.82, 2.24) is 19.5 Å². The third kappa shape index (κ3) is 4.35. The summed E-state index contributed by atoms with van der Waals surface area (Å²) in [6.07, 6.45) is -4.84. The van der Waals surface area contributed by atoms with E-state index in [9.17, 15) is 24.2 Å². The van der Waals surface area contributed by atoms with Gasteiger partial charge in [0.25, 0.3) is 0 Å². The molecule has 0 aromatic carbocycles. The lowest BCUT2D eigenvalue weighted by Gasteiger charge is -2.18. The maximum absolute atomic E-state index is 11.5. The van der Waals surface area contributed by atoms with Crippen LogP contribution >= 0.6 is 27.2 Å². The Morgan fingerprint density at radius 2 is 1.93 bits per heavy atom. The molecule has 2 aromatic rings. The Labute approximate surface area is 160 Å². The third-order valence-electron chi connectivity index (χ3n) is 3.67. The van der Waals surface area contributed by atoms with Crippen molar-refractivity contribution in [3.8, 4) is 0 Å².